The molecule has 0 bridgehead atoms. The third-order valence-electron chi connectivity index (χ3n) is 2.25. The summed E-state index contributed by atoms with van der Waals surface area (Å²) in [6.07, 6.45) is -3.15. The maximum Gasteiger partial charge on any atom is 0.435 e. The monoisotopic (exact) mass is 288 g/mol. The molecule has 0 atom stereocenters. The van der Waals surface area contributed by atoms with Gasteiger partial charge in [-0.05, 0) is 6.92 Å². The van der Waals surface area contributed by atoms with E-state index >= 15 is 0 Å². The van der Waals surface area contributed by atoms with Crippen LogP contribution in [0.1, 0.15) is 12.6 Å². The molecule has 2 rings (SSSR count). The Balaban J connectivity index is 2.22. The van der Waals surface area contributed by atoms with Gasteiger partial charge >= 0.3 is 6.18 Å². The van der Waals surface area contributed by atoms with Crippen LogP contribution in [0.25, 0.3) is 0 Å². The predicted octanol–water partition coefficient (Wildman–Crippen LogP) is 2.42. The Hall–Kier alpha value is -2.32. The molecule has 9 heteroatoms. The van der Waals surface area contributed by atoms with E-state index < -0.39 is 11.9 Å². The molecule has 0 N–H and O–H groups in total. The summed E-state index contributed by atoms with van der Waals surface area (Å²) in [5.74, 6) is 0.337. The fourth-order valence-electron chi connectivity index (χ4n) is 1.42. The highest BCUT2D eigenvalue weighted by atomic mass is 19.4. The molecule has 2 aromatic rings. The highest BCUT2D eigenvalue weighted by Crippen LogP contribution is 2.31. The summed E-state index contributed by atoms with van der Waals surface area (Å²) in [7, 11) is 1.34. The average molecular weight is 288 g/mol. The van der Waals surface area contributed by atoms with Gasteiger partial charge in [0.05, 0.1) is 12.8 Å². The Bertz CT molecular complexity index is 598. The lowest BCUT2D eigenvalue weighted by Crippen LogP contribution is -2.06. The number of rotatable bonds is 4. The second kappa shape index (κ2) is 5.35. The first-order valence-corrected chi connectivity index (χ1v) is 5.64. The van der Waals surface area contributed by atoms with Gasteiger partial charge in [-0.3, -0.25) is 0 Å². The molecule has 20 heavy (non-hydrogen) atoms. The minimum Gasteiger partial charge on any atom is -0.492 e. The van der Waals surface area contributed by atoms with Crippen LogP contribution in [0.4, 0.5) is 13.2 Å². The normalized spacial score (nSPS) is 11.4. The van der Waals surface area contributed by atoms with Gasteiger partial charge in [-0.15, -0.1) is 5.10 Å². The molecule has 0 aromatic carbocycles. The zero-order valence-corrected chi connectivity index (χ0v) is 10.7. The Morgan fingerprint density at radius 2 is 2.05 bits per heavy atom. The summed E-state index contributed by atoms with van der Waals surface area (Å²) >= 11 is 0. The maximum absolute atomic E-state index is 12.5. The summed E-state index contributed by atoms with van der Waals surface area (Å²) in [4.78, 5) is 0. The largest absolute Gasteiger partial charge is 0.492 e. The highest BCUT2D eigenvalue weighted by Gasteiger charge is 2.35. The van der Waals surface area contributed by atoms with Crippen LogP contribution in [0.5, 0.6) is 17.5 Å². The van der Waals surface area contributed by atoms with Crippen LogP contribution in [-0.4, -0.2) is 26.6 Å². The zero-order valence-electron chi connectivity index (χ0n) is 10.7. The fraction of sp³-hybridized carbons (Fsp3) is 0.364. The molecule has 2 aromatic heterocycles. The van der Waals surface area contributed by atoms with E-state index in [1.165, 1.54) is 19.3 Å². The summed E-state index contributed by atoms with van der Waals surface area (Å²) in [6.45, 7) is 2.22. The average Bonchev–Trinajstić information content (AvgIpc) is 2.72. The number of halogens is 3. The number of alkyl halides is 3. The zero-order chi connectivity index (χ0) is 14.8. The quantitative estimate of drug-likeness (QED) is 0.864. The van der Waals surface area contributed by atoms with Crippen molar-refractivity contribution >= 4 is 0 Å². The molecule has 0 amide bonds. The standard InChI is InChI=1S/C11H11F3N4O2/c1-3-19-7-4-9(16-15-6-7)20-10-5-8(11(12,13)14)17-18(10)2/h4-6H,3H2,1-2H3. The Kier molecular flexibility index (Phi) is 3.77. The van der Waals surface area contributed by atoms with E-state index in [0.717, 1.165) is 10.7 Å². The second-order valence-electron chi connectivity index (χ2n) is 3.75. The van der Waals surface area contributed by atoms with Gasteiger partial charge in [0.15, 0.2) is 5.69 Å². The molecule has 108 valence electrons. The van der Waals surface area contributed by atoms with Crippen LogP contribution in [-0.2, 0) is 13.2 Å². The predicted molar refractivity (Wildman–Crippen MR) is 61.5 cm³/mol. The third-order valence-corrected chi connectivity index (χ3v) is 2.25. The molecular formula is C11H11F3N4O2. The molecule has 0 saturated carbocycles. The van der Waals surface area contributed by atoms with Crippen LogP contribution >= 0.6 is 0 Å². The molecule has 0 aliphatic heterocycles. The SMILES string of the molecule is CCOc1cnnc(Oc2cc(C(F)(F)F)nn2C)c1. The van der Waals surface area contributed by atoms with E-state index in [1.807, 2.05) is 0 Å². The maximum atomic E-state index is 12.5. The number of hydrogen-bond acceptors (Lipinski definition) is 5. The van der Waals surface area contributed by atoms with Crippen LogP contribution in [0, 0.1) is 0 Å². The van der Waals surface area contributed by atoms with Crippen LogP contribution in [0.15, 0.2) is 18.3 Å². The minimum absolute atomic E-state index is 0.0210. The van der Waals surface area contributed by atoms with Crippen LogP contribution in [0.2, 0.25) is 0 Å². The molecule has 0 aliphatic carbocycles. The van der Waals surface area contributed by atoms with E-state index in [-0.39, 0.29) is 11.8 Å². The van der Waals surface area contributed by atoms with Crippen molar-refractivity contribution in [1.82, 2.24) is 20.0 Å². The molecule has 2 heterocycles. The Labute approximate surface area is 112 Å². The lowest BCUT2D eigenvalue weighted by Gasteiger charge is -2.05. The van der Waals surface area contributed by atoms with Crippen molar-refractivity contribution in [2.24, 2.45) is 7.05 Å². The number of nitrogens with zero attached hydrogens (tertiary/aromatic N) is 4. The van der Waals surface area contributed by atoms with Crippen molar-refractivity contribution in [1.29, 1.82) is 0 Å². The highest BCUT2D eigenvalue weighted by molar-refractivity contribution is 5.27. The molecule has 0 saturated heterocycles. The van der Waals surface area contributed by atoms with Crippen molar-refractivity contribution in [3.8, 4) is 17.5 Å². The van der Waals surface area contributed by atoms with Gasteiger partial charge in [-0.2, -0.15) is 23.4 Å². The molecule has 0 unspecified atom stereocenters. The van der Waals surface area contributed by atoms with Crippen molar-refractivity contribution in [2.45, 2.75) is 13.1 Å². The van der Waals surface area contributed by atoms with E-state index in [4.69, 9.17) is 9.47 Å². The molecule has 0 spiro atoms. The van der Waals surface area contributed by atoms with Crippen molar-refractivity contribution < 1.29 is 22.6 Å². The lowest BCUT2D eigenvalue weighted by atomic mass is 10.4. The third kappa shape index (κ3) is 3.16. The lowest BCUT2D eigenvalue weighted by molar-refractivity contribution is -0.141. The fourth-order valence-corrected chi connectivity index (χ4v) is 1.42. The molecule has 0 radical (unpaired) electrons. The van der Waals surface area contributed by atoms with Crippen LogP contribution < -0.4 is 9.47 Å². The first kappa shape index (κ1) is 14.1. The molecule has 6 nitrogen and oxygen atoms in total. The first-order chi connectivity index (χ1) is 9.40. The van der Waals surface area contributed by atoms with Gasteiger partial charge in [0.2, 0.25) is 11.8 Å². The smallest absolute Gasteiger partial charge is 0.435 e. The van der Waals surface area contributed by atoms with Crippen molar-refractivity contribution in [3.05, 3.63) is 24.0 Å². The Morgan fingerprint density at radius 3 is 2.65 bits per heavy atom. The minimum atomic E-state index is -4.53. The van der Waals surface area contributed by atoms with Gasteiger partial charge in [0.25, 0.3) is 0 Å². The first-order valence-electron chi connectivity index (χ1n) is 5.64. The van der Waals surface area contributed by atoms with Crippen LogP contribution in [0.3, 0.4) is 0 Å². The van der Waals surface area contributed by atoms with Gasteiger partial charge in [-0.1, -0.05) is 0 Å². The summed E-state index contributed by atoms with van der Waals surface area (Å²) in [5.41, 5.74) is -1.04. The van der Waals surface area contributed by atoms with Gasteiger partial charge in [0, 0.05) is 19.2 Å². The summed E-state index contributed by atoms with van der Waals surface area (Å²) < 4.78 is 48.9. The van der Waals surface area contributed by atoms with E-state index in [1.54, 1.807) is 6.92 Å². The van der Waals surface area contributed by atoms with E-state index in [0.29, 0.717) is 12.4 Å². The number of aryl methyl sites for hydroxylation is 1. The Morgan fingerprint density at radius 1 is 1.30 bits per heavy atom. The van der Waals surface area contributed by atoms with Crippen molar-refractivity contribution in [3.63, 3.8) is 0 Å². The number of ether oxygens (including phenoxy) is 2. The van der Waals surface area contributed by atoms with Crippen molar-refractivity contribution in [2.75, 3.05) is 6.61 Å². The van der Waals surface area contributed by atoms with E-state index in [2.05, 4.69) is 15.3 Å². The number of aromatic nitrogens is 4. The molecular weight excluding hydrogens is 277 g/mol. The van der Waals surface area contributed by atoms with Gasteiger partial charge in [0.1, 0.15) is 5.75 Å². The summed E-state index contributed by atoms with van der Waals surface area (Å²) in [6, 6.07) is 2.21. The molecule has 0 aliphatic rings. The summed E-state index contributed by atoms with van der Waals surface area (Å²) in [5, 5.41) is 10.6. The number of hydrogen-bond donors (Lipinski definition) is 0. The second-order valence-corrected chi connectivity index (χ2v) is 3.75. The van der Waals surface area contributed by atoms with Gasteiger partial charge < -0.3 is 9.47 Å². The molecule has 0 fully saturated rings. The van der Waals surface area contributed by atoms with Gasteiger partial charge in [-0.25, -0.2) is 4.68 Å². The topological polar surface area (TPSA) is 62.1 Å². The van der Waals surface area contributed by atoms with E-state index in [9.17, 15) is 13.2 Å².